The Hall–Kier alpha value is -1.97. The Morgan fingerprint density at radius 3 is 2.20 bits per heavy atom. The van der Waals surface area contributed by atoms with Crippen LogP contribution in [0.15, 0.2) is 54.6 Å². The van der Waals surface area contributed by atoms with Gasteiger partial charge in [0.05, 0.1) is 6.61 Å². The lowest BCUT2D eigenvalue weighted by atomic mass is 10.0. The van der Waals surface area contributed by atoms with Crippen molar-refractivity contribution in [1.82, 2.24) is 0 Å². The Morgan fingerprint density at radius 1 is 1.05 bits per heavy atom. The lowest BCUT2D eigenvalue weighted by Crippen LogP contribution is -2.31. The molecule has 0 bridgehead atoms. The van der Waals surface area contributed by atoms with Gasteiger partial charge in [0.25, 0.3) is 5.79 Å². The largest absolute Gasteiger partial charge is 0.356 e. The molecule has 0 unspecified atom stereocenters. The molecule has 1 atom stereocenters. The van der Waals surface area contributed by atoms with Crippen LogP contribution >= 0.6 is 0 Å². The zero-order chi connectivity index (χ0) is 14.4. The van der Waals surface area contributed by atoms with Gasteiger partial charge in [-0.2, -0.15) is 0 Å². The van der Waals surface area contributed by atoms with E-state index in [-0.39, 0.29) is 0 Å². The highest BCUT2D eigenvalue weighted by Gasteiger charge is 2.29. The second-order valence-electron chi connectivity index (χ2n) is 4.61. The van der Waals surface area contributed by atoms with E-state index in [2.05, 4.69) is 0 Å². The van der Waals surface area contributed by atoms with Crippen LogP contribution in [0, 0.1) is 0 Å². The number of rotatable bonds is 6. The number of aliphatic hydroxyl groups is 1. The first-order valence-corrected chi connectivity index (χ1v) is 6.68. The molecule has 0 aliphatic rings. The van der Waals surface area contributed by atoms with E-state index < -0.39 is 5.79 Å². The summed E-state index contributed by atoms with van der Waals surface area (Å²) in [6, 6.07) is 17.1. The predicted octanol–water partition coefficient (Wildman–Crippen LogP) is 3.12. The molecule has 0 spiro atoms. The smallest absolute Gasteiger partial charge is 0.250 e. The van der Waals surface area contributed by atoms with Crippen molar-refractivity contribution in [3.63, 3.8) is 0 Å². The molecule has 0 aliphatic carbocycles. The molecule has 0 aliphatic heterocycles. The minimum atomic E-state index is -1.86. The summed E-state index contributed by atoms with van der Waals surface area (Å²) in [7, 11) is 0. The molecule has 0 radical (unpaired) electrons. The van der Waals surface area contributed by atoms with E-state index >= 15 is 0 Å². The van der Waals surface area contributed by atoms with Crippen molar-refractivity contribution in [1.29, 1.82) is 0 Å². The van der Waals surface area contributed by atoms with Gasteiger partial charge in [0.2, 0.25) is 0 Å². The van der Waals surface area contributed by atoms with Crippen molar-refractivity contribution in [2.75, 3.05) is 6.61 Å². The monoisotopic (exact) mass is 270 g/mol. The van der Waals surface area contributed by atoms with Crippen molar-refractivity contribution in [2.45, 2.75) is 19.1 Å². The summed E-state index contributed by atoms with van der Waals surface area (Å²) in [5.41, 5.74) is 2.56. The molecule has 3 heteroatoms. The molecule has 2 aromatic rings. The molecule has 0 saturated heterocycles. The van der Waals surface area contributed by atoms with Gasteiger partial charge in [-0.3, -0.25) is 4.79 Å². The highest BCUT2D eigenvalue weighted by atomic mass is 16.6. The molecule has 1 N–H and O–H groups in total. The molecule has 2 rings (SSSR count). The minimum Gasteiger partial charge on any atom is -0.356 e. The van der Waals surface area contributed by atoms with Gasteiger partial charge in [-0.25, -0.2) is 0 Å². The van der Waals surface area contributed by atoms with Gasteiger partial charge >= 0.3 is 0 Å². The van der Waals surface area contributed by atoms with E-state index in [0.29, 0.717) is 18.5 Å². The van der Waals surface area contributed by atoms with Gasteiger partial charge in [0, 0.05) is 5.56 Å². The van der Waals surface area contributed by atoms with E-state index in [9.17, 15) is 9.90 Å². The Labute approximate surface area is 118 Å². The van der Waals surface area contributed by atoms with Crippen LogP contribution in [0.25, 0.3) is 11.1 Å². The lowest BCUT2D eigenvalue weighted by molar-refractivity contribution is -0.199. The summed E-state index contributed by atoms with van der Waals surface area (Å²) in [4.78, 5) is 11.1. The average Bonchev–Trinajstić information content (AvgIpc) is 2.53. The third-order valence-corrected chi connectivity index (χ3v) is 3.09. The van der Waals surface area contributed by atoms with E-state index in [4.69, 9.17) is 4.74 Å². The molecular weight excluding hydrogens is 252 g/mol. The quantitative estimate of drug-likeness (QED) is 0.648. The summed E-state index contributed by atoms with van der Waals surface area (Å²) in [6.45, 7) is 2.25. The highest BCUT2D eigenvalue weighted by molar-refractivity contribution is 5.67. The van der Waals surface area contributed by atoms with Crippen LogP contribution in [0.1, 0.15) is 18.9 Å². The lowest BCUT2D eigenvalue weighted by Gasteiger charge is -2.22. The fourth-order valence-corrected chi connectivity index (χ4v) is 1.98. The van der Waals surface area contributed by atoms with Crippen molar-refractivity contribution < 1.29 is 14.6 Å². The first-order valence-electron chi connectivity index (χ1n) is 6.68. The second kappa shape index (κ2) is 6.46. The zero-order valence-electron chi connectivity index (χ0n) is 11.5. The van der Waals surface area contributed by atoms with Crippen LogP contribution in [0.5, 0.6) is 0 Å². The first kappa shape index (κ1) is 14.4. The molecular formula is C17H18O3. The van der Waals surface area contributed by atoms with Crippen LogP contribution < -0.4 is 0 Å². The first-order chi connectivity index (χ1) is 9.69. The van der Waals surface area contributed by atoms with Gasteiger partial charge in [0.15, 0.2) is 6.29 Å². The number of ether oxygens (including phenoxy) is 1. The number of carbonyl (C=O) groups excluding carboxylic acids is 1. The topological polar surface area (TPSA) is 46.5 Å². The van der Waals surface area contributed by atoms with Gasteiger partial charge in [-0.15, -0.1) is 0 Å². The van der Waals surface area contributed by atoms with Crippen LogP contribution in [0.3, 0.4) is 0 Å². The normalized spacial score (nSPS) is 13.7. The maximum atomic E-state index is 11.1. The van der Waals surface area contributed by atoms with Gasteiger partial charge in [0.1, 0.15) is 0 Å². The van der Waals surface area contributed by atoms with Crippen molar-refractivity contribution in [3.8, 4) is 11.1 Å². The van der Waals surface area contributed by atoms with Gasteiger partial charge in [-0.05, 0) is 17.5 Å². The molecule has 0 aromatic heterocycles. The standard InChI is InChI=1S/C17H18O3/c1-2-12-20-17(19,13-18)16-10-8-15(9-11-16)14-6-4-3-5-7-14/h3-11,13,19H,2,12H2,1H3/t17-/m0/s1. The molecule has 2 aromatic carbocycles. The third-order valence-electron chi connectivity index (χ3n) is 3.09. The third kappa shape index (κ3) is 3.13. The Morgan fingerprint density at radius 2 is 1.65 bits per heavy atom. The molecule has 3 nitrogen and oxygen atoms in total. The Balaban J connectivity index is 2.25. The SMILES string of the molecule is CCCO[C@@](O)(C=O)c1ccc(-c2ccccc2)cc1. The fourth-order valence-electron chi connectivity index (χ4n) is 1.98. The Bertz CT molecular complexity index is 548. The number of benzene rings is 2. The van der Waals surface area contributed by atoms with Gasteiger partial charge in [-0.1, -0.05) is 61.5 Å². The van der Waals surface area contributed by atoms with Crippen LogP contribution in [0.2, 0.25) is 0 Å². The molecule has 20 heavy (non-hydrogen) atoms. The van der Waals surface area contributed by atoms with Crippen LogP contribution in [-0.4, -0.2) is 18.0 Å². The van der Waals surface area contributed by atoms with Crippen molar-refractivity contribution >= 4 is 6.29 Å². The van der Waals surface area contributed by atoms with Crippen molar-refractivity contribution in [3.05, 3.63) is 60.2 Å². The van der Waals surface area contributed by atoms with E-state index in [1.165, 1.54) is 0 Å². The summed E-state index contributed by atoms with van der Waals surface area (Å²) in [5.74, 6) is -1.86. The highest BCUT2D eigenvalue weighted by Crippen LogP contribution is 2.25. The molecule has 0 heterocycles. The molecule has 0 fully saturated rings. The second-order valence-corrected chi connectivity index (χ2v) is 4.61. The summed E-state index contributed by atoms with van der Waals surface area (Å²) in [6.07, 6.45) is 1.17. The molecule has 104 valence electrons. The summed E-state index contributed by atoms with van der Waals surface area (Å²) >= 11 is 0. The van der Waals surface area contributed by atoms with E-state index in [1.807, 2.05) is 49.4 Å². The molecule has 0 amide bonds. The van der Waals surface area contributed by atoms with E-state index in [0.717, 1.165) is 17.5 Å². The van der Waals surface area contributed by atoms with Crippen molar-refractivity contribution in [2.24, 2.45) is 0 Å². The van der Waals surface area contributed by atoms with E-state index in [1.54, 1.807) is 12.1 Å². The summed E-state index contributed by atoms with van der Waals surface area (Å²) in [5, 5.41) is 10.2. The number of hydrogen-bond donors (Lipinski definition) is 1. The predicted molar refractivity (Wildman–Crippen MR) is 78.1 cm³/mol. The number of aldehydes is 1. The maximum Gasteiger partial charge on any atom is 0.250 e. The average molecular weight is 270 g/mol. The van der Waals surface area contributed by atoms with Gasteiger partial charge < -0.3 is 9.84 Å². The summed E-state index contributed by atoms with van der Waals surface area (Å²) < 4.78 is 5.25. The maximum absolute atomic E-state index is 11.1. The Kier molecular flexibility index (Phi) is 4.66. The minimum absolute atomic E-state index is 0.329. The fraction of sp³-hybridized carbons (Fsp3) is 0.235. The zero-order valence-corrected chi connectivity index (χ0v) is 11.5. The number of hydrogen-bond acceptors (Lipinski definition) is 3. The molecule has 0 saturated carbocycles. The van der Waals surface area contributed by atoms with Crippen LogP contribution in [-0.2, 0) is 15.3 Å². The number of carbonyl (C=O) groups is 1. The van der Waals surface area contributed by atoms with Crippen LogP contribution in [0.4, 0.5) is 0 Å².